The van der Waals surface area contributed by atoms with E-state index in [-0.39, 0.29) is 40.1 Å². The van der Waals surface area contributed by atoms with E-state index in [2.05, 4.69) is 21.7 Å². The quantitative estimate of drug-likeness (QED) is 0.276. The Bertz CT molecular complexity index is 1610. The average molecular weight is 557 g/mol. The normalized spacial score (nSPS) is 11.8. The molecule has 10 nitrogen and oxygen atoms in total. The number of amides is 2. The van der Waals surface area contributed by atoms with E-state index in [1.54, 1.807) is 36.4 Å². The third-order valence-corrected chi connectivity index (χ3v) is 6.25. The van der Waals surface area contributed by atoms with Crippen molar-refractivity contribution in [1.82, 2.24) is 14.8 Å². The highest BCUT2D eigenvalue weighted by Crippen LogP contribution is 2.36. The van der Waals surface area contributed by atoms with Crippen LogP contribution in [0.5, 0.6) is 5.75 Å². The lowest BCUT2D eigenvalue weighted by atomic mass is 9.97. The molecule has 0 unspecified atom stereocenters. The van der Waals surface area contributed by atoms with Crippen LogP contribution in [-0.2, 0) is 4.79 Å². The molecule has 0 fully saturated rings. The molecular formula is C30H29FN6O4. The van der Waals surface area contributed by atoms with E-state index >= 15 is 0 Å². The lowest BCUT2D eigenvalue weighted by Gasteiger charge is -2.26. The summed E-state index contributed by atoms with van der Waals surface area (Å²) < 4.78 is 18.9. The highest BCUT2D eigenvalue weighted by molar-refractivity contribution is 6.03. The van der Waals surface area contributed by atoms with E-state index in [4.69, 9.17) is 4.42 Å². The van der Waals surface area contributed by atoms with Gasteiger partial charge in [-0.15, -0.1) is 0 Å². The minimum atomic E-state index is -0.639. The van der Waals surface area contributed by atoms with Crippen molar-refractivity contribution in [2.24, 2.45) is 0 Å². The van der Waals surface area contributed by atoms with Crippen LogP contribution < -0.4 is 10.6 Å². The van der Waals surface area contributed by atoms with Crippen molar-refractivity contribution in [2.45, 2.75) is 6.04 Å². The van der Waals surface area contributed by atoms with Crippen molar-refractivity contribution >= 4 is 23.3 Å². The molecule has 1 atom stereocenters. The van der Waals surface area contributed by atoms with E-state index in [0.29, 0.717) is 23.4 Å². The van der Waals surface area contributed by atoms with Crippen molar-refractivity contribution in [3.05, 3.63) is 84.1 Å². The van der Waals surface area contributed by atoms with Gasteiger partial charge in [-0.2, -0.15) is 5.26 Å². The minimum Gasteiger partial charge on any atom is -0.507 e. The van der Waals surface area contributed by atoms with E-state index in [9.17, 15) is 24.3 Å². The van der Waals surface area contributed by atoms with E-state index in [1.165, 1.54) is 24.5 Å². The van der Waals surface area contributed by atoms with E-state index in [0.717, 1.165) is 6.07 Å². The van der Waals surface area contributed by atoms with Gasteiger partial charge in [0.1, 0.15) is 29.2 Å². The van der Waals surface area contributed by atoms with Gasteiger partial charge >= 0.3 is 0 Å². The first-order chi connectivity index (χ1) is 19.6. The number of nitrogens with one attached hydrogen (secondary N) is 2. The van der Waals surface area contributed by atoms with Gasteiger partial charge in [-0.3, -0.25) is 14.5 Å². The maximum Gasteiger partial charge on any atom is 0.292 e. The zero-order valence-corrected chi connectivity index (χ0v) is 23.0. The maximum atomic E-state index is 13.7. The largest absolute Gasteiger partial charge is 0.507 e. The van der Waals surface area contributed by atoms with Gasteiger partial charge in [-0.05, 0) is 76.2 Å². The van der Waals surface area contributed by atoms with Crippen LogP contribution in [-0.4, -0.2) is 72.5 Å². The molecule has 0 bridgehead atoms. The fourth-order valence-electron chi connectivity index (χ4n) is 4.23. The summed E-state index contributed by atoms with van der Waals surface area (Å²) in [6.45, 7) is 0.505. The molecule has 2 aromatic carbocycles. The van der Waals surface area contributed by atoms with Crippen LogP contribution in [0.2, 0.25) is 0 Å². The lowest BCUT2D eigenvalue weighted by molar-refractivity contribution is -0.120. The van der Waals surface area contributed by atoms with Crippen LogP contribution in [0.1, 0.15) is 16.1 Å². The van der Waals surface area contributed by atoms with Crippen LogP contribution >= 0.6 is 0 Å². The molecule has 3 N–H and O–H groups in total. The van der Waals surface area contributed by atoms with Gasteiger partial charge < -0.3 is 25.1 Å². The Morgan fingerprint density at radius 1 is 1.05 bits per heavy atom. The Labute approximate surface area is 236 Å². The van der Waals surface area contributed by atoms with Crippen molar-refractivity contribution < 1.29 is 23.5 Å². The fourth-order valence-corrected chi connectivity index (χ4v) is 4.23. The van der Waals surface area contributed by atoms with Crippen molar-refractivity contribution in [1.29, 1.82) is 5.26 Å². The molecule has 2 aromatic heterocycles. The summed E-state index contributed by atoms with van der Waals surface area (Å²) in [5, 5.41) is 26.1. The van der Waals surface area contributed by atoms with Crippen LogP contribution in [0.15, 0.2) is 71.3 Å². The van der Waals surface area contributed by atoms with Gasteiger partial charge in [0, 0.05) is 29.4 Å². The molecule has 4 aromatic rings. The summed E-state index contributed by atoms with van der Waals surface area (Å²) in [7, 11) is 7.42. The molecule has 4 rings (SSSR count). The number of hydrogen-bond acceptors (Lipinski definition) is 8. The number of carbonyl (C=O) groups is 2. The number of nitriles is 1. The number of phenolic OH excluding ortho intramolecular Hbond substituents is 1. The number of aromatic nitrogens is 1. The minimum absolute atomic E-state index is 0.00477. The number of benzene rings is 2. The van der Waals surface area contributed by atoms with Gasteiger partial charge in [0.15, 0.2) is 11.6 Å². The van der Waals surface area contributed by atoms with Crippen molar-refractivity contribution in [3.8, 4) is 34.2 Å². The molecule has 0 aliphatic heterocycles. The SMILES string of the molecule is CN(C)C[C@@H](C(=O)Nc1cccc(-c2cc(-c3ccc(F)cc3O)nc(NC(=O)c3ccco3)c2C#N)c1)N(C)C. The summed E-state index contributed by atoms with van der Waals surface area (Å²) in [6.07, 6.45) is 1.34. The van der Waals surface area contributed by atoms with E-state index in [1.807, 2.05) is 38.0 Å². The second kappa shape index (κ2) is 12.4. The van der Waals surface area contributed by atoms with E-state index < -0.39 is 17.8 Å². The number of halogens is 1. The van der Waals surface area contributed by atoms with Crippen molar-refractivity contribution in [2.75, 3.05) is 45.4 Å². The fraction of sp³-hybridized carbons (Fsp3) is 0.200. The Hall–Kier alpha value is -5.05. The first kappa shape index (κ1) is 28.9. The number of pyridine rings is 1. The van der Waals surface area contributed by atoms with Gasteiger partial charge in [-0.1, -0.05) is 12.1 Å². The smallest absolute Gasteiger partial charge is 0.292 e. The summed E-state index contributed by atoms with van der Waals surface area (Å²) in [6, 6.07) is 16.6. The van der Waals surface area contributed by atoms with Gasteiger partial charge in [0.25, 0.3) is 5.91 Å². The van der Waals surface area contributed by atoms with Crippen molar-refractivity contribution in [3.63, 3.8) is 0 Å². The predicted molar refractivity (Wildman–Crippen MR) is 153 cm³/mol. The Balaban J connectivity index is 1.80. The van der Waals surface area contributed by atoms with Crippen LogP contribution in [0.25, 0.3) is 22.4 Å². The lowest BCUT2D eigenvalue weighted by Crippen LogP contribution is -2.46. The summed E-state index contributed by atoms with van der Waals surface area (Å²) in [4.78, 5) is 34.1. The number of carbonyl (C=O) groups excluding carboxylic acids is 2. The molecule has 0 saturated carbocycles. The average Bonchev–Trinajstić information content (AvgIpc) is 3.46. The molecule has 0 aliphatic carbocycles. The summed E-state index contributed by atoms with van der Waals surface area (Å²) in [5.41, 5.74) is 1.80. The number of likely N-dealkylation sites (N-methyl/N-ethyl adjacent to an activating group) is 2. The number of hydrogen-bond donors (Lipinski definition) is 3. The van der Waals surface area contributed by atoms with Crippen LogP contribution in [0.4, 0.5) is 15.9 Å². The first-order valence-corrected chi connectivity index (χ1v) is 12.6. The number of anilines is 2. The molecule has 210 valence electrons. The zero-order valence-electron chi connectivity index (χ0n) is 23.0. The molecule has 0 radical (unpaired) electrons. The molecule has 11 heteroatoms. The number of aromatic hydroxyl groups is 1. The molecular weight excluding hydrogens is 527 g/mol. The second-order valence-electron chi connectivity index (χ2n) is 9.80. The summed E-state index contributed by atoms with van der Waals surface area (Å²) >= 11 is 0. The highest BCUT2D eigenvalue weighted by atomic mass is 19.1. The molecule has 2 amide bonds. The van der Waals surface area contributed by atoms with Crippen LogP contribution in [0.3, 0.4) is 0 Å². The zero-order chi connectivity index (χ0) is 29.7. The monoisotopic (exact) mass is 556 g/mol. The number of furan rings is 1. The van der Waals surface area contributed by atoms with Gasteiger partial charge in [-0.25, -0.2) is 9.37 Å². The standard InChI is InChI=1S/C30H29FN6O4/c1-36(2)17-25(37(3)4)29(39)33-20-8-5-7-18(13-20)22-15-24(21-11-10-19(31)14-26(21)38)34-28(23(22)16-32)35-30(40)27-9-6-12-41-27/h5-15,25,38H,17H2,1-4H3,(H,33,39)(H,34,35,40)/t25-/m0/s1. The maximum absolute atomic E-state index is 13.7. The molecule has 0 spiro atoms. The molecule has 2 heterocycles. The number of rotatable bonds is 9. The Morgan fingerprint density at radius 3 is 2.46 bits per heavy atom. The Kier molecular flexibility index (Phi) is 8.77. The second-order valence-corrected chi connectivity index (χ2v) is 9.80. The first-order valence-electron chi connectivity index (χ1n) is 12.6. The molecule has 0 saturated heterocycles. The third-order valence-electron chi connectivity index (χ3n) is 6.25. The molecule has 41 heavy (non-hydrogen) atoms. The third kappa shape index (κ3) is 6.75. The Morgan fingerprint density at radius 2 is 1.83 bits per heavy atom. The number of nitrogens with zero attached hydrogens (tertiary/aromatic N) is 4. The number of phenols is 1. The van der Waals surface area contributed by atoms with Gasteiger partial charge in [0.05, 0.1) is 12.0 Å². The molecule has 0 aliphatic rings. The topological polar surface area (TPSA) is 135 Å². The van der Waals surface area contributed by atoms with Crippen LogP contribution in [0, 0.1) is 17.1 Å². The van der Waals surface area contributed by atoms with Gasteiger partial charge in [0.2, 0.25) is 5.91 Å². The highest BCUT2D eigenvalue weighted by Gasteiger charge is 2.23. The summed E-state index contributed by atoms with van der Waals surface area (Å²) in [5.74, 6) is -1.93. The predicted octanol–water partition coefficient (Wildman–Crippen LogP) is 4.41.